The van der Waals surface area contributed by atoms with Crippen molar-refractivity contribution >= 4 is 17.9 Å². The van der Waals surface area contributed by atoms with Crippen LogP contribution in [0.25, 0.3) is 0 Å². The van der Waals surface area contributed by atoms with Crippen LogP contribution in [0.2, 0.25) is 0 Å². The Morgan fingerprint density at radius 1 is 0.350 bits per heavy atom. The molecule has 0 aromatic heterocycles. The third-order valence-electron chi connectivity index (χ3n) is 10.8. The second kappa shape index (κ2) is 48.8. The SMILES string of the molecule is CC/C=C\C/C=C\C/C=C\C/C=C\CCCCCCCCC(=O)OCC(COC(=O)CCCCCC/C=C\CCCC)OC(=O)CCCCCCCCCCCCCCC. The van der Waals surface area contributed by atoms with Crippen molar-refractivity contribution in [3.63, 3.8) is 0 Å². The highest BCUT2D eigenvalue weighted by molar-refractivity contribution is 5.71. The summed E-state index contributed by atoms with van der Waals surface area (Å²) in [7, 11) is 0. The molecular formula is C54H94O6. The first-order valence-electron chi connectivity index (χ1n) is 25.3. The van der Waals surface area contributed by atoms with Gasteiger partial charge in [0.25, 0.3) is 0 Å². The molecule has 0 aromatic carbocycles. The summed E-state index contributed by atoms with van der Waals surface area (Å²) in [6.45, 7) is 6.46. The summed E-state index contributed by atoms with van der Waals surface area (Å²) in [5.74, 6) is -0.906. The molecule has 0 rings (SSSR count). The largest absolute Gasteiger partial charge is 0.462 e. The van der Waals surface area contributed by atoms with Crippen molar-refractivity contribution in [2.75, 3.05) is 13.2 Å². The Balaban J connectivity index is 4.35. The van der Waals surface area contributed by atoms with Gasteiger partial charge in [0.15, 0.2) is 6.10 Å². The lowest BCUT2D eigenvalue weighted by molar-refractivity contribution is -0.167. The van der Waals surface area contributed by atoms with E-state index in [4.69, 9.17) is 14.2 Å². The highest BCUT2D eigenvalue weighted by atomic mass is 16.6. The highest BCUT2D eigenvalue weighted by Crippen LogP contribution is 2.15. The minimum absolute atomic E-state index is 0.0834. The van der Waals surface area contributed by atoms with Gasteiger partial charge < -0.3 is 14.2 Å². The molecule has 0 aliphatic heterocycles. The van der Waals surface area contributed by atoms with E-state index in [1.807, 2.05) is 0 Å². The molecule has 6 nitrogen and oxygen atoms in total. The van der Waals surface area contributed by atoms with Gasteiger partial charge in [-0.05, 0) is 77.0 Å². The van der Waals surface area contributed by atoms with Crippen LogP contribution in [-0.4, -0.2) is 37.2 Å². The summed E-state index contributed by atoms with van der Waals surface area (Å²) in [6, 6.07) is 0. The minimum Gasteiger partial charge on any atom is -0.462 e. The summed E-state index contributed by atoms with van der Waals surface area (Å²) in [6.07, 6.45) is 59.2. The minimum atomic E-state index is -0.780. The van der Waals surface area contributed by atoms with Gasteiger partial charge in [0.1, 0.15) is 13.2 Å². The van der Waals surface area contributed by atoms with E-state index in [1.165, 1.54) is 96.3 Å². The van der Waals surface area contributed by atoms with Gasteiger partial charge >= 0.3 is 17.9 Å². The van der Waals surface area contributed by atoms with Gasteiger partial charge in [-0.2, -0.15) is 0 Å². The molecule has 346 valence electrons. The number of allylic oxidation sites excluding steroid dienone is 10. The van der Waals surface area contributed by atoms with E-state index in [9.17, 15) is 14.4 Å². The number of hydrogen-bond donors (Lipinski definition) is 0. The molecule has 6 heteroatoms. The summed E-state index contributed by atoms with van der Waals surface area (Å²) in [4.78, 5) is 37.9. The molecule has 0 bridgehead atoms. The van der Waals surface area contributed by atoms with Gasteiger partial charge in [-0.3, -0.25) is 14.4 Å². The molecule has 0 saturated carbocycles. The summed E-state index contributed by atoms with van der Waals surface area (Å²) in [5.41, 5.74) is 0. The van der Waals surface area contributed by atoms with Crippen molar-refractivity contribution in [2.24, 2.45) is 0 Å². The van der Waals surface area contributed by atoms with E-state index < -0.39 is 6.10 Å². The van der Waals surface area contributed by atoms with E-state index in [-0.39, 0.29) is 31.1 Å². The quantitative estimate of drug-likeness (QED) is 0.0263. The van der Waals surface area contributed by atoms with Gasteiger partial charge in [0.2, 0.25) is 0 Å². The van der Waals surface area contributed by atoms with Crippen LogP contribution in [0.4, 0.5) is 0 Å². The van der Waals surface area contributed by atoms with E-state index >= 15 is 0 Å². The molecule has 1 atom stereocenters. The topological polar surface area (TPSA) is 78.9 Å². The fourth-order valence-corrected chi connectivity index (χ4v) is 6.94. The number of rotatable bonds is 45. The summed E-state index contributed by atoms with van der Waals surface area (Å²) < 4.78 is 16.7. The van der Waals surface area contributed by atoms with Gasteiger partial charge in [-0.1, -0.05) is 210 Å². The first kappa shape index (κ1) is 57.1. The molecule has 0 amide bonds. The zero-order chi connectivity index (χ0) is 43.7. The molecule has 0 saturated heterocycles. The Kier molecular flexibility index (Phi) is 46.4. The zero-order valence-electron chi connectivity index (χ0n) is 39.5. The van der Waals surface area contributed by atoms with Crippen LogP contribution in [0.5, 0.6) is 0 Å². The van der Waals surface area contributed by atoms with Crippen molar-refractivity contribution in [1.82, 2.24) is 0 Å². The monoisotopic (exact) mass is 839 g/mol. The molecule has 60 heavy (non-hydrogen) atoms. The molecule has 0 fully saturated rings. The van der Waals surface area contributed by atoms with Crippen molar-refractivity contribution < 1.29 is 28.6 Å². The van der Waals surface area contributed by atoms with Crippen molar-refractivity contribution in [3.05, 3.63) is 60.8 Å². The Morgan fingerprint density at radius 3 is 1.08 bits per heavy atom. The second-order valence-corrected chi connectivity index (χ2v) is 16.7. The molecule has 0 spiro atoms. The van der Waals surface area contributed by atoms with Gasteiger partial charge in [0, 0.05) is 19.3 Å². The van der Waals surface area contributed by atoms with Gasteiger partial charge in [0.05, 0.1) is 0 Å². The second-order valence-electron chi connectivity index (χ2n) is 16.7. The predicted molar refractivity (Wildman–Crippen MR) is 256 cm³/mol. The standard InChI is InChI=1S/C54H94O6/c1-4-7-10-13-16-19-22-24-25-26-27-28-29-31-32-35-38-41-44-47-53(56)59-50-51(49-58-52(55)46-43-40-37-34-21-18-15-12-9-6-3)60-54(57)48-45-42-39-36-33-30-23-20-17-14-11-8-5-2/h7,10,15-16,18-19,24-25,27-28,51H,4-6,8-9,11-14,17,20-23,26,29-50H2,1-3H3/b10-7-,18-15-,19-16-,25-24-,28-27-. The van der Waals surface area contributed by atoms with Crippen LogP contribution in [0.3, 0.4) is 0 Å². The Labute approximate surface area is 370 Å². The normalized spacial score (nSPS) is 12.5. The van der Waals surface area contributed by atoms with Crippen molar-refractivity contribution in [1.29, 1.82) is 0 Å². The van der Waals surface area contributed by atoms with E-state index in [1.54, 1.807) is 0 Å². The maximum atomic E-state index is 12.8. The average molecular weight is 839 g/mol. The molecule has 0 aliphatic rings. The Bertz CT molecular complexity index is 1100. The van der Waals surface area contributed by atoms with E-state index in [0.29, 0.717) is 19.3 Å². The van der Waals surface area contributed by atoms with Crippen LogP contribution in [-0.2, 0) is 28.6 Å². The number of carbonyl (C=O) groups excluding carboxylic acids is 3. The number of esters is 3. The smallest absolute Gasteiger partial charge is 0.306 e. The van der Waals surface area contributed by atoms with Gasteiger partial charge in [-0.25, -0.2) is 0 Å². The van der Waals surface area contributed by atoms with Crippen LogP contribution in [0.15, 0.2) is 60.8 Å². The predicted octanol–water partition coefficient (Wildman–Crippen LogP) is 16.5. The van der Waals surface area contributed by atoms with E-state index in [2.05, 4.69) is 81.5 Å². The van der Waals surface area contributed by atoms with Crippen LogP contribution >= 0.6 is 0 Å². The maximum absolute atomic E-state index is 12.8. The fraction of sp³-hybridized carbons (Fsp3) is 0.759. The molecular weight excluding hydrogens is 745 g/mol. The molecule has 0 aromatic rings. The third kappa shape index (κ3) is 46.2. The summed E-state index contributed by atoms with van der Waals surface area (Å²) in [5, 5.41) is 0. The lowest BCUT2D eigenvalue weighted by Crippen LogP contribution is -2.30. The fourth-order valence-electron chi connectivity index (χ4n) is 6.94. The maximum Gasteiger partial charge on any atom is 0.306 e. The third-order valence-corrected chi connectivity index (χ3v) is 10.8. The molecule has 0 radical (unpaired) electrons. The zero-order valence-corrected chi connectivity index (χ0v) is 39.5. The average Bonchev–Trinajstić information content (AvgIpc) is 3.24. The first-order valence-corrected chi connectivity index (χ1v) is 25.3. The van der Waals surface area contributed by atoms with Crippen molar-refractivity contribution in [2.45, 2.75) is 252 Å². The van der Waals surface area contributed by atoms with Crippen LogP contribution < -0.4 is 0 Å². The molecule has 1 unspecified atom stereocenters. The number of unbranched alkanes of at least 4 members (excludes halogenated alkanes) is 24. The van der Waals surface area contributed by atoms with Crippen LogP contribution in [0.1, 0.15) is 245 Å². The van der Waals surface area contributed by atoms with Crippen molar-refractivity contribution in [3.8, 4) is 0 Å². The highest BCUT2D eigenvalue weighted by Gasteiger charge is 2.19. The first-order chi connectivity index (χ1) is 29.5. The number of ether oxygens (including phenoxy) is 3. The summed E-state index contributed by atoms with van der Waals surface area (Å²) >= 11 is 0. The van der Waals surface area contributed by atoms with E-state index in [0.717, 1.165) is 109 Å². The van der Waals surface area contributed by atoms with Gasteiger partial charge in [-0.15, -0.1) is 0 Å². The molecule has 0 heterocycles. The van der Waals surface area contributed by atoms with Crippen LogP contribution in [0, 0.1) is 0 Å². The number of hydrogen-bond acceptors (Lipinski definition) is 6. The Hall–Kier alpha value is -2.89. The Morgan fingerprint density at radius 2 is 0.667 bits per heavy atom. The molecule has 0 N–H and O–H groups in total. The number of carbonyl (C=O) groups is 3. The molecule has 0 aliphatic carbocycles. The lowest BCUT2D eigenvalue weighted by Gasteiger charge is -2.18. The lowest BCUT2D eigenvalue weighted by atomic mass is 10.0.